The lowest BCUT2D eigenvalue weighted by atomic mass is 9.93. The quantitative estimate of drug-likeness (QED) is 0.761. The molecule has 3 nitrogen and oxygen atoms in total. The van der Waals surface area contributed by atoms with Crippen LogP contribution in [0.3, 0.4) is 0 Å². The third-order valence-electron chi connectivity index (χ3n) is 2.73. The van der Waals surface area contributed by atoms with E-state index in [2.05, 4.69) is 56.5 Å². The van der Waals surface area contributed by atoms with Crippen LogP contribution in [0.2, 0.25) is 0 Å². The third kappa shape index (κ3) is 1.99. The molecular formula is C13H21N3. The maximum Gasteiger partial charge on any atom is 0.136 e. The van der Waals surface area contributed by atoms with Gasteiger partial charge in [-0.3, -0.25) is 0 Å². The van der Waals surface area contributed by atoms with E-state index in [1.807, 2.05) is 10.7 Å². The molecule has 0 radical (unpaired) electrons. The van der Waals surface area contributed by atoms with Crippen molar-refractivity contribution in [2.24, 2.45) is 5.92 Å². The van der Waals surface area contributed by atoms with Gasteiger partial charge in [-0.15, -0.1) is 0 Å². The minimum atomic E-state index is 0.120. The first kappa shape index (κ1) is 11.2. The van der Waals surface area contributed by atoms with Crippen molar-refractivity contribution in [3.05, 3.63) is 24.2 Å². The number of hydrogen-bond acceptors (Lipinski definition) is 1. The fourth-order valence-corrected chi connectivity index (χ4v) is 1.84. The van der Waals surface area contributed by atoms with Gasteiger partial charge in [0, 0.05) is 30.4 Å². The summed E-state index contributed by atoms with van der Waals surface area (Å²) in [6.07, 6.45) is 4.14. The van der Waals surface area contributed by atoms with Crippen LogP contribution in [0.15, 0.2) is 18.5 Å². The van der Waals surface area contributed by atoms with Crippen LogP contribution in [0, 0.1) is 5.92 Å². The highest BCUT2D eigenvalue weighted by molar-refractivity contribution is 5.42. The number of imidazole rings is 1. The van der Waals surface area contributed by atoms with E-state index >= 15 is 0 Å². The van der Waals surface area contributed by atoms with E-state index in [9.17, 15) is 0 Å². The molecule has 0 amide bonds. The van der Waals surface area contributed by atoms with Crippen LogP contribution >= 0.6 is 0 Å². The van der Waals surface area contributed by atoms with Gasteiger partial charge in [-0.05, 0) is 5.92 Å². The van der Waals surface area contributed by atoms with Gasteiger partial charge in [-0.1, -0.05) is 34.6 Å². The molecule has 2 heterocycles. The Labute approximate surface area is 97.1 Å². The second kappa shape index (κ2) is 3.65. The normalized spacial score (nSPS) is 12.9. The SMILES string of the molecule is CC(C)Cn1ccn2nc(C(C)(C)C)cc12. The minimum absolute atomic E-state index is 0.120. The maximum absolute atomic E-state index is 4.61. The summed E-state index contributed by atoms with van der Waals surface area (Å²) in [5, 5.41) is 4.61. The highest BCUT2D eigenvalue weighted by Gasteiger charge is 2.18. The van der Waals surface area contributed by atoms with Crippen molar-refractivity contribution in [3.63, 3.8) is 0 Å². The average Bonchev–Trinajstić information content (AvgIpc) is 2.64. The zero-order chi connectivity index (χ0) is 11.9. The second-order valence-corrected chi connectivity index (χ2v) is 5.93. The lowest BCUT2D eigenvalue weighted by Crippen LogP contribution is -2.11. The van der Waals surface area contributed by atoms with Crippen molar-refractivity contribution in [1.29, 1.82) is 0 Å². The van der Waals surface area contributed by atoms with Crippen molar-refractivity contribution >= 4 is 5.65 Å². The number of nitrogens with zero attached hydrogens (tertiary/aromatic N) is 3. The van der Waals surface area contributed by atoms with Gasteiger partial charge in [-0.25, -0.2) is 4.52 Å². The summed E-state index contributed by atoms with van der Waals surface area (Å²) in [7, 11) is 0. The maximum atomic E-state index is 4.61. The first-order valence-corrected chi connectivity index (χ1v) is 5.93. The number of aromatic nitrogens is 3. The lowest BCUT2D eigenvalue weighted by Gasteiger charge is -2.13. The molecule has 0 aliphatic carbocycles. The minimum Gasteiger partial charge on any atom is -0.331 e. The first-order chi connectivity index (χ1) is 7.38. The third-order valence-corrected chi connectivity index (χ3v) is 2.73. The second-order valence-electron chi connectivity index (χ2n) is 5.93. The fraction of sp³-hybridized carbons (Fsp3) is 0.615. The van der Waals surface area contributed by atoms with Crippen LogP contribution in [-0.2, 0) is 12.0 Å². The molecule has 0 aliphatic rings. The number of fused-ring (bicyclic) bond motifs is 1. The van der Waals surface area contributed by atoms with Gasteiger partial charge in [0.15, 0.2) is 0 Å². The molecule has 0 saturated heterocycles. The Balaban J connectivity index is 2.43. The van der Waals surface area contributed by atoms with Crippen molar-refractivity contribution in [3.8, 4) is 0 Å². The van der Waals surface area contributed by atoms with E-state index in [-0.39, 0.29) is 5.41 Å². The molecular weight excluding hydrogens is 198 g/mol. The zero-order valence-corrected chi connectivity index (χ0v) is 10.9. The first-order valence-electron chi connectivity index (χ1n) is 5.93. The molecule has 2 aromatic heterocycles. The van der Waals surface area contributed by atoms with Crippen molar-refractivity contribution in [2.45, 2.75) is 46.6 Å². The van der Waals surface area contributed by atoms with E-state index in [4.69, 9.17) is 0 Å². The summed E-state index contributed by atoms with van der Waals surface area (Å²) in [5.74, 6) is 0.657. The molecule has 3 heteroatoms. The molecule has 88 valence electrons. The van der Waals surface area contributed by atoms with E-state index in [0.717, 1.165) is 12.2 Å². The summed E-state index contributed by atoms with van der Waals surface area (Å²) >= 11 is 0. The highest BCUT2D eigenvalue weighted by atomic mass is 15.3. The summed E-state index contributed by atoms with van der Waals surface area (Å²) in [6.45, 7) is 12.1. The Morgan fingerprint density at radius 1 is 1.25 bits per heavy atom. The summed E-state index contributed by atoms with van der Waals surface area (Å²) < 4.78 is 4.25. The Kier molecular flexibility index (Phi) is 2.56. The summed E-state index contributed by atoms with van der Waals surface area (Å²) in [6, 6.07) is 2.20. The van der Waals surface area contributed by atoms with Gasteiger partial charge in [-0.2, -0.15) is 5.10 Å². The van der Waals surface area contributed by atoms with Crippen LogP contribution in [0.1, 0.15) is 40.3 Å². The molecule has 2 rings (SSSR count). The number of rotatable bonds is 2. The Morgan fingerprint density at radius 3 is 2.50 bits per heavy atom. The average molecular weight is 219 g/mol. The highest BCUT2D eigenvalue weighted by Crippen LogP contribution is 2.22. The van der Waals surface area contributed by atoms with Crippen molar-refractivity contribution in [1.82, 2.24) is 14.2 Å². The molecule has 0 atom stereocenters. The molecule has 2 aromatic rings. The molecule has 0 aromatic carbocycles. The fourth-order valence-electron chi connectivity index (χ4n) is 1.84. The van der Waals surface area contributed by atoms with E-state index in [0.29, 0.717) is 5.92 Å². The monoisotopic (exact) mass is 219 g/mol. The van der Waals surface area contributed by atoms with Gasteiger partial charge in [0.25, 0.3) is 0 Å². The van der Waals surface area contributed by atoms with Gasteiger partial charge < -0.3 is 4.57 Å². The van der Waals surface area contributed by atoms with Gasteiger partial charge in [0.2, 0.25) is 0 Å². The summed E-state index contributed by atoms with van der Waals surface area (Å²) in [5.41, 5.74) is 2.47. The van der Waals surface area contributed by atoms with Gasteiger partial charge in [0.1, 0.15) is 5.65 Å². The smallest absolute Gasteiger partial charge is 0.136 e. The van der Waals surface area contributed by atoms with E-state index in [1.54, 1.807) is 0 Å². The zero-order valence-electron chi connectivity index (χ0n) is 10.9. The molecule has 0 fully saturated rings. The Morgan fingerprint density at radius 2 is 1.94 bits per heavy atom. The van der Waals surface area contributed by atoms with Crippen LogP contribution in [0.5, 0.6) is 0 Å². The predicted molar refractivity (Wildman–Crippen MR) is 66.7 cm³/mol. The molecule has 0 spiro atoms. The van der Waals surface area contributed by atoms with Crippen LogP contribution in [0.25, 0.3) is 5.65 Å². The molecule has 0 N–H and O–H groups in total. The topological polar surface area (TPSA) is 22.2 Å². The van der Waals surface area contributed by atoms with Crippen LogP contribution in [0.4, 0.5) is 0 Å². The van der Waals surface area contributed by atoms with E-state index < -0.39 is 0 Å². The van der Waals surface area contributed by atoms with Gasteiger partial charge >= 0.3 is 0 Å². The molecule has 0 bridgehead atoms. The molecule has 0 unspecified atom stereocenters. The molecule has 0 saturated carbocycles. The molecule has 0 aliphatic heterocycles. The van der Waals surface area contributed by atoms with Gasteiger partial charge in [0.05, 0.1) is 5.69 Å². The summed E-state index contributed by atoms with van der Waals surface area (Å²) in [4.78, 5) is 0. The number of hydrogen-bond donors (Lipinski definition) is 0. The lowest BCUT2D eigenvalue weighted by molar-refractivity contribution is 0.533. The van der Waals surface area contributed by atoms with Crippen LogP contribution < -0.4 is 0 Å². The van der Waals surface area contributed by atoms with Crippen molar-refractivity contribution < 1.29 is 0 Å². The van der Waals surface area contributed by atoms with E-state index in [1.165, 1.54) is 5.65 Å². The predicted octanol–water partition coefficient (Wildman–Crippen LogP) is 3.09. The largest absolute Gasteiger partial charge is 0.331 e. The molecule has 16 heavy (non-hydrogen) atoms. The van der Waals surface area contributed by atoms with Crippen LogP contribution in [-0.4, -0.2) is 14.2 Å². The Bertz CT molecular complexity index is 483. The Hall–Kier alpha value is -1.25. The van der Waals surface area contributed by atoms with Crippen molar-refractivity contribution in [2.75, 3.05) is 0 Å². The standard InChI is InChI=1S/C13H21N3/c1-10(2)9-15-6-7-16-12(15)8-11(14-16)13(3,4)5/h6-8,10H,9H2,1-5H3.